The Morgan fingerprint density at radius 1 is 0.909 bits per heavy atom. The number of nitrogens with zero attached hydrogens (tertiary/aromatic N) is 2. The molecule has 5 rings (SSSR count). The predicted molar refractivity (Wildman–Crippen MR) is 88.0 cm³/mol. The minimum atomic E-state index is 0.0435. The second kappa shape index (κ2) is 4.04. The van der Waals surface area contributed by atoms with E-state index in [1.807, 2.05) is 48.5 Å². The van der Waals surface area contributed by atoms with Gasteiger partial charge in [0.25, 0.3) is 5.56 Å². The third-order valence-electron chi connectivity index (χ3n) is 4.41. The van der Waals surface area contributed by atoms with Crippen molar-refractivity contribution in [1.29, 1.82) is 0 Å². The molecule has 1 aromatic heterocycles. The summed E-state index contributed by atoms with van der Waals surface area (Å²) in [6, 6.07) is 20.1. The standard InChI is InChI=1S/C19H12N2O/c22-19-16-9-12-5-1-2-6-13(12)10-17(16)20-18-15-8-4-3-7-14(15)11-21(18)19/h1-10H,11H2. The lowest BCUT2D eigenvalue weighted by Gasteiger charge is -2.06. The van der Waals surface area contributed by atoms with Crippen molar-refractivity contribution in [3.8, 4) is 11.4 Å². The van der Waals surface area contributed by atoms with E-state index in [0.29, 0.717) is 11.9 Å². The molecule has 0 saturated heterocycles. The fraction of sp³-hybridized carbons (Fsp3) is 0.0526. The summed E-state index contributed by atoms with van der Waals surface area (Å²) < 4.78 is 1.78. The van der Waals surface area contributed by atoms with Crippen LogP contribution in [-0.2, 0) is 6.54 Å². The van der Waals surface area contributed by atoms with Gasteiger partial charge in [-0.3, -0.25) is 9.36 Å². The number of aromatic nitrogens is 2. The van der Waals surface area contributed by atoms with Crippen molar-refractivity contribution in [2.45, 2.75) is 6.54 Å². The van der Waals surface area contributed by atoms with Gasteiger partial charge < -0.3 is 0 Å². The fourth-order valence-corrected chi connectivity index (χ4v) is 3.31. The first-order valence-corrected chi connectivity index (χ1v) is 7.33. The van der Waals surface area contributed by atoms with Crippen molar-refractivity contribution < 1.29 is 0 Å². The molecule has 0 atom stereocenters. The molecule has 3 heteroatoms. The topological polar surface area (TPSA) is 34.9 Å². The first kappa shape index (κ1) is 11.7. The van der Waals surface area contributed by atoms with Gasteiger partial charge >= 0.3 is 0 Å². The Morgan fingerprint density at radius 3 is 2.50 bits per heavy atom. The molecule has 0 fully saturated rings. The van der Waals surface area contributed by atoms with Crippen LogP contribution >= 0.6 is 0 Å². The average Bonchev–Trinajstić information content (AvgIpc) is 2.93. The van der Waals surface area contributed by atoms with Crippen LogP contribution in [0.5, 0.6) is 0 Å². The van der Waals surface area contributed by atoms with E-state index in [9.17, 15) is 4.79 Å². The summed E-state index contributed by atoms with van der Waals surface area (Å²) in [5, 5.41) is 2.87. The summed E-state index contributed by atoms with van der Waals surface area (Å²) in [6.07, 6.45) is 0. The van der Waals surface area contributed by atoms with Crippen LogP contribution in [0, 0.1) is 0 Å². The first-order valence-electron chi connectivity index (χ1n) is 7.33. The largest absolute Gasteiger partial charge is 0.288 e. The van der Waals surface area contributed by atoms with Gasteiger partial charge in [0.15, 0.2) is 0 Å². The van der Waals surface area contributed by atoms with Crippen molar-refractivity contribution in [1.82, 2.24) is 9.55 Å². The van der Waals surface area contributed by atoms with E-state index in [0.717, 1.165) is 33.2 Å². The van der Waals surface area contributed by atoms with Gasteiger partial charge in [0.2, 0.25) is 0 Å². The molecule has 1 aliphatic heterocycles. The normalized spacial score (nSPS) is 12.5. The van der Waals surface area contributed by atoms with Crippen LogP contribution in [0.15, 0.2) is 65.5 Å². The van der Waals surface area contributed by atoms with Gasteiger partial charge in [0, 0.05) is 5.56 Å². The van der Waals surface area contributed by atoms with Crippen molar-refractivity contribution in [2.24, 2.45) is 0 Å². The molecule has 0 bridgehead atoms. The Balaban J connectivity index is 1.93. The third-order valence-corrected chi connectivity index (χ3v) is 4.41. The van der Waals surface area contributed by atoms with Crippen LogP contribution in [-0.4, -0.2) is 9.55 Å². The molecule has 4 aromatic rings. The highest BCUT2D eigenvalue weighted by atomic mass is 16.1. The van der Waals surface area contributed by atoms with Crippen LogP contribution in [0.3, 0.4) is 0 Å². The van der Waals surface area contributed by atoms with Crippen molar-refractivity contribution in [3.63, 3.8) is 0 Å². The van der Waals surface area contributed by atoms with Crippen LogP contribution < -0.4 is 5.56 Å². The molecule has 0 aliphatic carbocycles. The zero-order chi connectivity index (χ0) is 14.7. The highest BCUT2D eigenvalue weighted by Gasteiger charge is 2.21. The molecule has 0 spiro atoms. The minimum absolute atomic E-state index is 0.0435. The second-order valence-corrected chi connectivity index (χ2v) is 5.70. The van der Waals surface area contributed by atoms with Crippen LogP contribution in [0.4, 0.5) is 0 Å². The second-order valence-electron chi connectivity index (χ2n) is 5.70. The SMILES string of the molecule is O=c1c2cc3ccccc3cc2nc2n1Cc1ccccc1-2. The molecule has 0 unspecified atom stereocenters. The summed E-state index contributed by atoms with van der Waals surface area (Å²) in [6.45, 7) is 0.611. The highest BCUT2D eigenvalue weighted by Crippen LogP contribution is 2.30. The van der Waals surface area contributed by atoms with E-state index < -0.39 is 0 Å². The Bertz CT molecular complexity index is 1130. The van der Waals surface area contributed by atoms with Crippen LogP contribution in [0.1, 0.15) is 5.56 Å². The number of hydrogen-bond acceptors (Lipinski definition) is 2. The van der Waals surface area contributed by atoms with Crippen molar-refractivity contribution >= 4 is 21.7 Å². The molecule has 3 aromatic carbocycles. The van der Waals surface area contributed by atoms with Gasteiger partial charge in [-0.2, -0.15) is 0 Å². The van der Waals surface area contributed by atoms with E-state index in [4.69, 9.17) is 4.98 Å². The molecular weight excluding hydrogens is 272 g/mol. The molecule has 104 valence electrons. The van der Waals surface area contributed by atoms with E-state index >= 15 is 0 Å². The van der Waals surface area contributed by atoms with Gasteiger partial charge in [-0.05, 0) is 28.5 Å². The molecular formula is C19H12N2O. The van der Waals surface area contributed by atoms with Gasteiger partial charge in [-0.15, -0.1) is 0 Å². The molecule has 2 heterocycles. The maximum Gasteiger partial charge on any atom is 0.261 e. The highest BCUT2D eigenvalue weighted by molar-refractivity contribution is 5.96. The summed E-state index contributed by atoms with van der Waals surface area (Å²) >= 11 is 0. The quantitative estimate of drug-likeness (QED) is 0.407. The molecule has 22 heavy (non-hydrogen) atoms. The van der Waals surface area contributed by atoms with Crippen molar-refractivity contribution in [2.75, 3.05) is 0 Å². The van der Waals surface area contributed by atoms with Crippen LogP contribution in [0.2, 0.25) is 0 Å². The summed E-state index contributed by atoms with van der Waals surface area (Å²) in [7, 11) is 0. The number of benzene rings is 3. The molecule has 1 aliphatic rings. The van der Waals surface area contributed by atoms with E-state index in [-0.39, 0.29) is 5.56 Å². The van der Waals surface area contributed by atoms with Crippen LogP contribution in [0.25, 0.3) is 33.1 Å². The lowest BCUT2D eigenvalue weighted by Crippen LogP contribution is -2.20. The summed E-state index contributed by atoms with van der Waals surface area (Å²) in [4.78, 5) is 17.6. The smallest absolute Gasteiger partial charge is 0.261 e. The lowest BCUT2D eigenvalue weighted by atomic mass is 10.1. The summed E-state index contributed by atoms with van der Waals surface area (Å²) in [5.74, 6) is 0.781. The Morgan fingerprint density at radius 2 is 1.64 bits per heavy atom. The Labute approximate surface area is 126 Å². The molecule has 0 radical (unpaired) electrons. The molecule has 3 nitrogen and oxygen atoms in total. The minimum Gasteiger partial charge on any atom is -0.288 e. The van der Waals surface area contributed by atoms with E-state index in [1.54, 1.807) is 4.57 Å². The monoisotopic (exact) mass is 284 g/mol. The number of fused-ring (bicyclic) bond motifs is 5. The van der Waals surface area contributed by atoms with Crippen molar-refractivity contribution in [3.05, 3.63) is 76.6 Å². The number of hydrogen-bond donors (Lipinski definition) is 0. The molecule has 0 amide bonds. The average molecular weight is 284 g/mol. The Hall–Kier alpha value is -2.94. The maximum absolute atomic E-state index is 12.9. The first-order chi connectivity index (χ1) is 10.8. The van der Waals surface area contributed by atoms with Gasteiger partial charge in [-0.25, -0.2) is 4.98 Å². The third kappa shape index (κ3) is 1.45. The van der Waals surface area contributed by atoms with E-state index in [2.05, 4.69) is 12.1 Å². The van der Waals surface area contributed by atoms with Gasteiger partial charge in [0.1, 0.15) is 5.82 Å². The molecule has 0 N–H and O–H groups in total. The zero-order valence-electron chi connectivity index (χ0n) is 11.8. The summed E-state index contributed by atoms with van der Waals surface area (Å²) in [5.41, 5.74) is 3.04. The fourth-order valence-electron chi connectivity index (χ4n) is 3.31. The zero-order valence-corrected chi connectivity index (χ0v) is 11.8. The van der Waals surface area contributed by atoms with E-state index in [1.165, 1.54) is 0 Å². The number of rotatable bonds is 0. The lowest BCUT2D eigenvalue weighted by molar-refractivity contribution is 0.797. The molecule has 0 saturated carbocycles. The Kier molecular flexibility index (Phi) is 2.15. The van der Waals surface area contributed by atoms with Gasteiger partial charge in [0.05, 0.1) is 17.4 Å². The van der Waals surface area contributed by atoms with Gasteiger partial charge in [-0.1, -0.05) is 48.5 Å². The predicted octanol–water partition coefficient (Wildman–Crippen LogP) is 3.58. The maximum atomic E-state index is 12.9.